The molecule has 0 aliphatic heterocycles. The van der Waals surface area contributed by atoms with Crippen LogP contribution in [0.3, 0.4) is 0 Å². The fourth-order valence-corrected chi connectivity index (χ4v) is 1.73. The van der Waals surface area contributed by atoms with Crippen molar-refractivity contribution in [1.82, 2.24) is 4.98 Å². The zero-order valence-corrected chi connectivity index (χ0v) is 11.1. The molecule has 0 spiro atoms. The topological polar surface area (TPSA) is 45.9 Å². The van der Waals surface area contributed by atoms with Crippen LogP contribution in [0.2, 0.25) is 0 Å². The molecule has 19 heavy (non-hydrogen) atoms. The predicted octanol–water partition coefficient (Wildman–Crippen LogP) is 3.57. The molecular formula is C13H7BrF2N2O. The lowest BCUT2D eigenvalue weighted by Gasteiger charge is -2.07. The number of nitriles is 1. The number of rotatable bonds is 3. The van der Waals surface area contributed by atoms with Gasteiger partial charge in [-0.3, -0.25) is 0 Å². The van der Waals surface area contributed by atoms with Crippen molar-refractivity contribution in [3.05, 3.63) is 57.7 Å². The molecule has 0 radical (unpaired) electrons. The average molecular weight is 325 g/mol. The highest BCUT2D eigenvalue weighted by Crippen LogP contribution is 2.18. The molecule has 0 amide bonds. The molecule has 0 unspecified atom stereocenters. The zero-order chi connectivity index (χ0) is 13.8. The fourth-order valence-electron chi connectivity index (χ4n) is 1.41. The van der Waals surface area contributed by atoms with E-state index in [1.54, 1.807) is 24.3 Å². The number of aromatic nitrogens is 1. The Balaban J connectivity index is 2.16. The number of pyridine rings is 1. The van der Waals surface area contributed by atoms with Gasteiger partial charge in [0.15, 0.2) is 0 Å². The summed E-state index contributed by atoms with van der Waals surface area (Å²) in [6.07, 6.45) is 0. The van der Waals surface area contributed by atoms with Gasteiger partial charge in [0.05, 0.1) is 5.56 Å². The van der Waals surface area contributed by atoms with Gasteiger partial charge in [0.1, 0.15) is 28.9 Å². The summed E-state index contributed by atoms with van der Waals surface area (Å²) in [5.74, 6) is -1.17. The van der Waals surface area contributed by atoms with Crippen LogP contribution in [0.1, 0.15) is 11.1 Å². The highest BCUT2D eigenvalue weighted by molar-refractivity contribution is 9.10. The molecular weight excluding hydrogens is 318 g/mol. The minimum Gasteiger partial charge on any atom is -0.473 e. The second-order valence-electron chi connectivity index (χ2n) is 3.62. The van der Waals surface area contributed by atoms with E-state index in [4.69, 9.17) is 10.00 Å². The van der Waals surface area contributed by atoms with Gasteiger partial charge in [0, 0.05) is 11.6 Å². The van der Waals surface area contributed by atoms with E-state index in [2.05, 4.69) is 20.9 Å². The first kappa shape index (κ1) is 13.4. The lowest BCUT2D eigenvalue weighted by Crippen LogP contribution is -2.02. The summed E-state index contributed by atoms with van der Waals surface area (Å²) in [5.41, 5.74) is -0.305. The van der Waals surface area contributed by atoms with Gasteiger partial charge in [0.2, 0.25) is 5.88 Å². The number of benzene rings is 1. The zero-order valence-electron chi connectivity index (χ0n) is 9.53. The third-order valence-electron chi connectivity index (χ3n) is 2.32. The minimum atomic E-state index is -0.773. The highest BCUT2D eigenvalue weighted by atomic mass is 79.9. The lowest BCUT2D eigenvalue weighted by molar-refractivity contribution is 0.287. The van der Waals surface area contributed by atoms with E-state index in [0.717, 1.165) is 12.1 Å². The van der Waals surface area contributed by atoms with Crippen LogP contribution in [0.4, 0.5) is 8.78 Å². The van der Waals surface area contributed by atoms with Gasteiger partial charge in [-0.15, -0.1) is 0 Å². The molecule has 0 aliphatic rings. The Morgan fingerprint density at radius 1 is 1.26 bits per heavy atom. The SMILES string of the molecule is N#Cc1cc(F)c(COc2cccc(Br)n2)cc1F. The molecule has 96 valence electrons. The van der Waals surface area contributed by atoms with E-state index in [-0.39, 0.29) is 17.7 Å². The van der Waals surface area contributed by atoms with Gasteiger partial charge in [-0.05, 0) is 34.1 Å². The Bertz CT molecular complexity index is 656. The molecule has 0 aliphatic carbocycles. The molecule has 0 atom stereocenters. The minimum absolute atomic E-state index is 0.0262. The number of halogens is 3. The van der Waals surface area contributed by atoms with E-state index in [9.17, 15) is 8.78 Å². The quantitative estimate of drug-likeness (QED) is 0.811. The molecule has 1 heterocycles. The van der Waals surface area contributed by atoms with Crippen LogP contribution in [0, 0.1) is 23.0 Å². The second-order valence-corrected chi connectivity index (χ2v) is 4.43. The molecule has 1 aromatic carbocycles. The van der Waals surface area contributed by atoms with E-state index in [1.807, 2.05) is 0 Å². The molecule has 3 nitrogen and oxygen atoms in total. The summed E-state index contributed by atoms with van der Waals surface area (Å²) < 4.78 is 32.8. The second kappa shape index (κ2) is 5.76. The van der Waals surface area contributed by atoms with Crippen molar-refractivity contribution in [2.45, 2.75) is 6.61 Å². The van der Waals surface area contributed by atoms with Crippen molar-refractivity contribution in [1.29, 1.82) is 5.26 Å². The smallest absolute Gasteiger partial charge is 0.214 e. The summed E-state index contributed by atoms with van der Waals surface area (Å²) in [6, 6.07) is 8.40. The van der Waals surface area contributed by atoms with Crippen molar-refractivity contribution in [2.24, 2.45) is 0 Å². The number of ether oxygens (including phenoxy) is 1. The molecule has 2 aromatic rings. The van der Waals surface area contributed by atoms with E-state index in [0.29, 0.717) is 10.5 Å². The van der Waals surface area contributed by atoms with Gasteiger partial charge in [-0.25, -0.2) is 13.8 Å². The van der Waals surface area contributed by atoms with E-state index in [1.165, 1.54) is 0 Å². The first-order valence-electron chi connectivity index (χ1n) is 5.23. The van der Waals surface area contributed by atoms with Crippen molar-refractivity contribution in [3.8, 4) is 11.9 Å². The van der Waals surface area contributed by atoms with Crippen LogP contribution < -0.4 is 4.74 Å². The monoisotopic (exact) mass is 324 g/mol. The van der Waals surface area contributed by atoms with Crippen LogP contribution in [0.15, 0.2) is 34.9 Å². The molecule has 1 aromatic heterocycles. The molecule has 2 rings (SSSR count). The van der Waals surface area contributed by atoms with Gasteiger partial charge in [-0.2, -0.15) is 5.26 Å². The standard InChI is InChI=1S/C13H7BrF2N2O/c14-12-2-1-3-13(18-12)19-7-9-5-10(15)8(6-17)4-11(9)16/h1-5H,7H2. The molecule has 6 heteroatoms. The van der Waals surface area contributed by atoms with Crippen LogP contribution in [-0.4, -0.2) is 4.98 Å². The Kier molecular flexibility index (Phi) is 4.07. The van der Waals surface area contributed by atoms with Crippen molar-refractivity contribution in [3.63, 3.8) is 0 Å². The maximum absolute atomic E-state index is 13.6. The average Bonchev–Trinajstić information content (AvgIpc) is 2.39. The molecule has 0 fully saturated rings. The first-order valence-corrected chi connectivity index (χ1v) is 6.03. The normalized spacial score (nSPS) is 10.0. The summed E-state index contributed by atoms with van der Waals surface area (Å²) in [6.45, 7) is -0.169. The lowest BCUT2D eigenvalue weighted by atomic mass is 10.1. The van der Waals surface area contributed by atoms with Crippen molar-refractivity contribution >= 4 is 15.9 Å². The number of hydrogen-bond donors (Lipinski definition) is 0. The van der Waals surface area contributed by atoms with Gasteiger partial charge in [-0.1, -0.05) is 6.07 Å². The Morgan fingerprint density at radius 2 is 2.05 bits per heavy atom. The van der Waals surface area contributed by atoms with Crippen molar-refractivity contribution < 1.29 is 13.5 Å². The van der Waals surface area contributed by atoms with Crippen LogP contribution in [-0.2, 0) is 6.61 Å². The van der Waals surface area contributed by atoms with Gasteiger partial charge in [0.25, 0.3) is 0 Å². The summed E-state index contributed by atoms with van der Waals surface area (Å²) in [4.78, 5) is 4.00. The number of hydrogen-bond acceptors (Lipinski definition) is 3. The Morgan fingerprint density at radius 3 is 2.74 bits per heavy atom. The van der Waals surface area contributed by atoms with Crippen molar-refractivity contribution in [2.75, 3.05) is 0 Å². The third kappa shape index (κ3) is 3.26. The van der Waals surface area contributed by atoms with Crippen LogP contribution in [0.25, 0.3) is 0 Å². The van der Waals surface area contributed by atoms with Crippen LogP contribution >= 0.6 is 15.9 Å². The van der Waals surface area contributed by atoms with Crippen LogP contribution in [0.5, 0.6) is 5.88 Å². The van der Waals surface area contributed by atoms with Gasteiger partial charge < -0.3 is 4.74 Å². The summed E-state index contributed by atoms with van der Waals surface area (Å²) in [5, 5.41) is 8.57. The molecule has 0 saturated carbocycles. The highest BCUT2D eigenvalue weighted by Gasteiger charge is 2.10. The fraction of sp³-hybridized carbons (Fsp3) is 0.0769. The first-order chi connectivity index (χ1) is 9.10. The largest absolute Gasteiger partial charge is 0.473 e. The van der Waals surface area contributed by atoms with Gasteiger partial charge >= 0.3 is 0 Å². The molecule has 0 bridgehead atoms. The molecule has 0 N–H and O–H groups in total. The third-order valence-corrected chi connectivity index (χ3v) is 2.76. The Hall–Kier alpha value is -2.00. The number of nitrogens with zero attached hydrogens (tertiary/aromatic N) is 2. The van der Waals surface area contributed by atoms with E-state index >= 15 is 0 Å². The maximum atomic E-state index is 13.6. The summed E-state index contributed by atoms with van der Waals surface area (Å²) in [7, 11) is 0. The molecule has 0 saturated heterocycles. The Labute approximate surface area is 116 Å². The predicted molar refractivity (Wildman–Crippen MR) is 67.3 cm³/mol. The maximum Gasteiger partial charge on any atom is 0.214 e. The summed E-state index contributed by atoms with van der Waals surface area (Å²) >= 11 is 3.17. The van der Waals surface area contributed by atoms with E-state index < -0.39 is 11.6 Å².